The Labute approximate surface area is 196 Å². The lowest BCUT2D eigenvalue weighted by Crippen LogP contribution is -2.55. The summed E-state index contributed by atoms with van der Waals surface area (Å²) in [5.74, 6) is -0.231. The highest BCUT2D eigenvalue weighted by Gasteiger charge is 2.22. The van der Waals surface area contributed by atoms with Gasteiger partial charge in [-0.1, -0.05) is 51.1 Å². The molecule has 0 aliphatic rings. The Morgan fingerprint density at radius 1 is 0.941 bits per heavy atom. The van der Waals surface area contributed by atoms with Gasteiger partial charge in [-0.2, -0.15) is 5.10 Å². The molecule has 2 heterocycles. The van der Waals surface area contributed by atoms with Crippen LogP contribution < -0.4 is 22.4 Å². The largest absolute Gasteiger partial charge is 0.337 e. The number of para-hydroxylation sites is 1. The number of benzene rings is 1. The molecule has 0 radical (unpaired) electrons. The van der Waals surface area contributed by atoms with Crippen molar-refractivity contribution in [1.82, 2.24) is 23.5 Å². The third-order valence-electron chi connectivity index (χ3n) is 5.06. The predicted octanol–water partition coefficient (Wildman–Crippen LogP) is 1.67. The van der Waals surface area contributed by atoms with Crippen LogP contribution in [0.5, 0.6) is 0 Å². The number of carbonyl (C=O) groups is 1. The zero-order valence-electron chi connectivity index (χ0n) is 19.5. The van der Waals surface area contributed by atoms with Gasteiger partial charge in [0, 0.05) is 11.5 Å². The Morgan fingerprint density at radius 2 is 1.47 bits per heavy atom. The molecule has 34 heavy (non-hydrogen) atoms. The third kappa shape index (κ3) is 4.90. The molecule has 1 amide bonds. The first-order valence-corrected chi connectivity index (χ1v) is 10.7. The fourth-order valence-electron chi connectivity index (χ4n) is 3.32. The lowest BCUT2D eigenvalue weighted by atomic mass is 9.92. The van der Waals surface area contributed by atoms with Crippen LogP contribution in [0.3, 0.4) is 0 Å². The van der Waals surface area contributed by atoms with Crippen molar-refractivity contribution in [2.24, 2.45) is 0 Å². The van der Waals surface area contributed by atoms with Crippen molar-refractivity contribution in [2.75, 3.05) is 5.32 Å². The molecule has 1 N–H and O–H groups in total. The van der Waals surface area contributed by atoms with Gasteiger partial charge in [0.15, 0.2) is 0 Å². The molecule has 0 bridgehead atoms. The number of rotatable bonds is 8. The summed E-state index contributed by atoms with van der Waals surface area (Å²) in [5.41, 5.74) is -1.37. The van der Waals surface area contributed by atoms with Crippen LogP contribution in [0.25, 0.3) is 5.69 Å². The summed E-state index contributed by atoms with van der Waals surface area (Å²) < 4.78 is 4.00. The van der Waals surface area contributed by atoms with E-state index in [-0.39, 0.29) is 18.5 Å². The Bertz CT molecular complexity index is 1350. The van der Waals surface area contributed by atoms with Gasteiger partial charge >= 0.3 is 17.1 Å². The molecule has 0 fully saturated rings. The van der Waals surface area contributed by atoms with Crippen LogP contribution in [-0.2, 0) is 29.8 Å². The van der Waals surface area contributed by atoms with E-state index in [4.69, 9.17) is 0 Å². The number of nitrogens with one attached hydrogen (secondary N) is 1. The van der Waals surface area contributed by atoms with E-state index < -0.39 is 29.5 Å². The molecule has 0 spiro atoms. The zero-order valence-corrected chi connectivity index (χ0v) is 19.5. The van der Waals surface area contributed by atoms with Gasteiger partial charge in [0.1, 0.15) is 12.4 Å². The second kappa shape index (κ2) is 9.74. The monoisotopic (exact) mass is 464 g/mol. The van der Waals surface area contributed by atoms with Crippen molar-refractivity contribution in [3.8, 4) is 5.69 Å². The van der Waals surface area contributed by atoms with Gasteiger partial charge in [0.2, 0.25) is 5.91 Å². The topological polar surface area (TPSA) is 113 Å². The van der Waals surface area contributed by atoms with Crippen LogP contribution in [-0.4, -0.2) is 29.4 Å². The van der Waals surface area contributed by atoms with E-state index in [1.165, 1.54) is 12.2 Å². The lowest BCUT2D eigenvalue weighted by molar-refractivity contribution is -0.116. The van der Waals surface area contributed by atoms with Gasteiger partial charge in [-0.15, -0.1) is 13.2 Å². The van der Waals surface area contributed by atoms with Crippen LogP contribution in [0.4, 0.5) is 5.82 Å². The highest BCUT2D eigenvalue weighted by molar-refractivity contribution is 5.90. The zero-order chi connectivity index (χ0) is 25.0. The van der Waals surface area contributed by atoms with Gasteiger partial charge < -0.3 is 5.32 Å². The van der Waals surface area contributed by atoms with E-state index in [2.05, 4.69) is 23.6 Å². The van der Waals surface area contributed by atoms with E-state index in [0.29, 0.717) is 5.82 Å². The van der Waals surface area contributed by atoms with E-state index in [1.807, 2.05) is 51.1 Å². The smallest absolute Gasteiger partial charge is 0.309 e. The third-order valence-corrected chi connectivity index (χ3v) is 5.06. The molecule has 10 nitrogen and oxygen atoms in total. The number of anilines is 1. The number of allylic oxidation sites excluding steroid dienone is 2. The Kier molecular flexibility index (Phi) is 7.00. The Balaban J connectivity index is 2.03. The van der Waals surface area contributed by atoms with Crippen LogP contribution in [0.15, 0.2) is 76.1 Å². The maximum atomic E-state index is 13.0. The molecule has 0 saturated carbocycles. The number of nitrogens with zero attached hydrogens (tertiary/aromatic N) is 5. The van der Waals surface area contributed by atoms with E-state index >= 15 is 0 Å². The van der Waals surface area contributed by atoms with Crippen molar-refractivity contribution in [3.63, 3.8) is 0 Å². The number of carbonyl (C=O) groups excluding carboxylic acids is 1. The normalized spacial score (nSPS) is 11.3. The lowest BCUT2D eigenvalue weighted by Gasteiger charge is -2.14. The molecule has 0 aliphatic carbocycles. The average Bonchev–Trinajstić information content (AvgIpc) is 3.22. The van der Waals surface area contributed by atoms with E-state index in [0.717, 1.165) is 25.1 Å². The van der Waals surface area contributed by atoms with Gasteiger partial charge in [-0.25, -0.2) is 32.8 Å². The molecule has 1 aromatic carbocycles. The SMILES string of the molecule is C=CCn1c(=O)n(CC=C)c(=O)n(CC(=O)Nc2cc(C(C)(C)C)nn2-c2ccccc2)c1=O. The Hall–Kier alpha value is -4.21. The summed E-state index contributed by atoms with van der Waals surface area (Å²) in [7, 11) is 0. The second-order valence-corrected chi connectivity index (χ2v) is 8.69. The molecule has 0 atom stereocenters. The highest BCUT2D eigenvalue weighted by Crippen LogP contribution is 2.26. The molecule has 0 saturated heterocycles. The quantitative estimate of drug-likeness (QED) is 0.510. The molecular weight excluding hydrogens is 436 g/mol. The van der Waals surface area contributed by atoms with Gasteiger partial charge in [0.25, 0.3) is 0 Å². The summed E-state index contributed by atoms with van der Waals surface area (Å²) in [6.07, 6.45) is 2.73. The number of aromatic nitrogens is 5. The highest BCUT2D eigenvalue weighted by atomic mass is 16.2. The first-order chi connectivity index (χ1) is 16.1. The van der Waals surface area contributed by atoms with Gasteiger partial charge in [-0.3, -0.25) is 4.79 Å². The number of amides is 1. The van der Waals surface area contributed by atoms with Crippen molar-refractivity contribution < 1.29 is 4.79 Å². The second-order valence-electron chi connectivity index (χ2n) is 8.69. The van der Waals surface area contributed by atoms with Crippen molar-refractivity contribution in [1.29, 1.82) is 0 Å². The standard InChI is InChI=1S/C24H28N6O4/c1-6-13-27-21(32)28(14-7-2)23(34)29(22(27)33)16-20(31)25-19-15-18(24(3,4)5)26-30(19)17-11-9-8-10-12-17/h6-12,15H,1-2,13-14,16H2,3-5H3,(H,25,31). The minimum Gasteiger partial charge on any atom is -0.309 e. The molecule has 3 aromatic rings. The number of hydrogen-bond donors (Lipinski definition) is 1. The average molecular weight is 465 g/mol. The van der Waals surface area contributed by atoms with Crippen LogP contribution in [0.1, 0.15) is 26.5 Å². The summed E-state index contributed by atoms with van der Waals surface area (Å²) in [5, 5.41) is 7.38. The summed E-state index contributed by atoms with van der Waals surface area (Å²) in [4.78, 5) is 51.1. The van der Waals surface area contributed by atoms with Crippen LogP contribution in [0.2, 0.25) is 0 Å². The molecule has 0 unspecified atom stereocenters. The van der Waals surface area contributed by atoms with E-state index in [9.17, 15) is 19.2 Å². The number of hydrogen-bond acceptors (Lipinski definition) is 5. The predicted molar refractivity (Wildman–Crippen MR) is 131 cm³/mol. The summed E-state index contributed by atoms with van der Waals surface area (Å²) in [6, 6.07) is 11.0. The maximum absolute atomic E-state index is 13.0. The fraction of sp³-hybridized carbons (Fsp3) is 0.292. The fourth-order valence-corrected chi connectivity index (χ4v) is 3.32. The summed E-state index contributed by atoms with van der Waals surface area (Å²) >= 11 is 0. The Morgan fingerprint density at radius 3 is 1.97 bits per heavy atom. The van der Waals surface area contributed by atoms with Gasteiger partial charge in [0.05, 0.1) is 24.5 Å². The minimum absolute atomic E-state index is 0.105. The van der Waals surface area contributed by atoms with Crippen LogP contribution in [0, 0.1) is 0 Å². The summed E-state index contributed by atoms with van der Waals surface area (Å²) in [6.45, 7) is 12.3. The van der Waals surface area contributed by atoms with E-state index in [1.54, 1.807) is 10.7 Å². The van der Waals surface area contributed by atoms with Crippen molar-refractivity contribution >= 4 is 11.7 Å². The minimum atomic E-state index is -0.891. The maximum Gasteiger partial charge on any atom is 0.337 e. The molecule has 3 rings (SSSR count). The first-order valence-electron chi connectivity index (χ1n) is 10.7. The molecule has 0 aliphatic heterocycles. The van der Waals surface area contributed by atoms with Crippen LogP contribution >= 0.6 is 0 Å². The van der Waals surface area contributed by atoms with Gasteiger partial charge in [-0.05, 0) is 12.1 Å². The molecular formula is C24H28N6O4. The molecule has 10 heteroatoms. The molecule has 2 aromatic heterocycles. The molecule has 178 valence electrons. The van der Waals surface area contributed by atoms with Crippen molar-refractivity contribution in [3.05, 3.63) is 98.9 Å². The first kappa shape index (κ1) is 24.4. The van der Waals surface area contributed by atoms with Crippen molar-refractivity contribution in [2.45, 2.75) is 45.8 Å².